The maximum absolute atomic E-state index is 13.0. The Morgan fingerprint density at radius 2 is 1.27 bits per heavy atom. The lowest BCUT2D eigenvalue weighted by Crippen LogP contribution is -2.78. The van der Waals surface area contributed by atoms with E-state index in [0.717, 1.165) is 0 Å². The molecule has 1 N–H and O–H groups in total. The van der Waals surface area contributed by atoms with Gasteiger partial charge in [0.25, 0.3) is 5.66 Å². The highest BCUT2D eigenvalue weighted by atomic mass is 19.4. The number of carbonyl (C=O) groups is 1. The normalized spacial score (nSPS) is 19.1. The molecule has 1 rings (SSSR count). The van der Waals surface area contributed by atoms with E-state index in [9.17, 15) is 44.3 Å². The van der Waals surface area contributed by atoms with Crippen LogP contribution >= 0.6 is 0 Å². The van der Waals surface area contributed by atoms with Crippen molar-refractivity contribution in [1.29, 1.82) is 0 Å². The van der Waals surface area contributed by atoms with E-state index in [1.165, 1.54) is 0 Å². The van der Waals surface area contributed by atoms with Crippen molar-refractivity contribution in [3.63, 3.8) is 0 Å². The molecule has 1 saturated heterocycles. The molecule has 0 aromatic carbocycles. The van der Waals surface area contributed by atoms with Crippen molar-refractivity contribution in [3.8, 4) is 0 Å². The summed E-state index contributed by atoms with van der Waals surface area (Å²) in [4.78, 5) is 10.4. The highest BCUT2D eigenvalue weighted by molar-refractivity contribution is 5.82. The third-order valence-electron chi connectivity index (χ3n) is 2.86. The average molecular weight is 348 g/mol. The Morgan fingerprint density at radius 3 is 1.59 bits per heavy atom. The van der Waals surface area contributed by atoms with Crippen molar-refractivity contribution in [2.24, 2.45) is 0 Å². The van der Waals surface area contributed by atoms with Crippen LogP contribution in [0.4, 0.5) is 39.5 Å². The highest BCUT2D eigenvalue weighted by Crippen LogP contribution is 2.46. The number of hydrogen-bond donors (Lipinski definition) is 1. The second kappa shape index (κ2) is 5.76. The van der Waals surface area contributed by atoms with Crippen LogP contribution in [0, 0.1) is 0 Å². The Hall–Kier alpha value is -1.24. The van der Waals surface area contributed by atoms with Crippen molar-refractivity contribution < 1.29 is 49.0 Å². The lowest BCUT2D eigenvalue weighted by molar-refractivity contribution is -0.355. The van der Waals surface area contributed by atoms with Gasteiger partial charge in [-0.15, -0.1) is 0 Å². The number of ether oxygens (including phenoxy) is 1. The molecule has 4 nitrogen and oxygen atoms in total. The molecule has 0 aromatic rings. The molecule has 0 atom stereocenters. The van der Waals surface area contributed by atoms with Gasteiger partial charge in [-0.1, -0.05) is 0 Å². The standard InChI is InChI=1S/C9H9F9N2O2/c10-6(11,12)5(21)19-7(8(13,14)15,9(16,17)18)20-1-3-22-4-2-20/h1-4H2,(H,19,21). The molecule has 0 spiro atoms. The summed E-state index contributed by atoms with van der Waals surface area (Å²) in [5.74, 6) is -3.34. The summed E-state index contributed by atoms with van der Waals surface area (Å²) in [5.41, 5.74) is -5.14. The van der Waals surface area contributed by atoms with Gasteiger partial charge in [-0.2, -0.15) is 39.5 Å². The average Bonchev–Trinajstić information content (AvgIpc) is 2.32. The summed E-state index contributed by atoms with van der Waals surface area (Å²) in [6.45, 7) is -3.04. The third-order valence-corrected chi connectivity index (χ3v) is 2.86. The fraction of sp³-hybridized carbons (Fsp3) is 0.889. The molecule has 0 radical (unpaired) electrons. The van der Waals surface area contributed by atoms with Gasteiger partial charge in [0.2, 0.25) is 0 Å². The minimum absolute atomic E-state index is 0.0765. The first-order valence-electron chi connectivity index (χ1n) is 5.59. The van der Waals surface area contributed by atoms with Gasteiger partial charge in [0.05, 0.1) is 13.2 Å². The zero-order valence-corrected chi connectivity index (χ0v) is 10.5. The molecule has 0 aromatic heterocycles. The second-order valence-corrected chi connectivity index (χ2v) is 4.26. The minimum atomic E-state index is -6.23. The van der Waals surface area contributed by atoms with Crippen LogP contribution in [-0.2, 0) is 9.53 Å². The topological polar surface area (TPSA) is 41.6 Å². The molecule has 130 valence electrons. The molecular weight excluding hydrogens is 339 g/mol. The van der Waals surface area contributed by atoms with E-state index < -0.39 is 56.4 Å². The molecule has 1 aliphatic rings. The monoisotopic (exact) mass is 348 g/mol. The Kier molecular flexibility index (Phi) is 4.92. The molecule has 1 amide bonds. The van der Waals surface area contributed by atoms with Gasteiger partial charge in [-0.25, -0.2) is 0 Å². The summed E-state index contributed by atoms with van der Waals surface area (Å²) in [6.07, 6.45) is -18.4. The van der Waals surface area contributed by atoms with E-state index in [1.54, 1.807) is 0 Å². The van der Waals surface area contributed by atoms with Crippen LogP contribution in [0.2, 0.25) is 0 Å². The van der Waals surface area contributed by atoms with Crippen molar-refractivity contribution in [3.05, 3.63) is 0 Å². The van der Waals surface area contributed by atoms with Gasteiger partial charge in [0, 0.05) is 13.1 Å². The number of morpholine rings is 1. The summed E-state index contributed by atoms with van der Waals surface area (Å²) in [7, 11) is 0. The van der Waals surface area contributed by atoms with Crippen LogP contribution in [-0.4, -0.2) is 61.3 Å². The fourth-order valence-electron chi connectivity index (χ4n) is 1.87. The van der Waals surface area contributed by atoms with E-state index in [0.29, 0.717) is 0 Å². The van der Waals surface area contributed by atoms with Gasteiger partial charge < -0.3 is 10.1 Å². The smallest absolute Gasteiger partial charge is 0.379 e. The number of nitrogens with one attached hydrogen (secondary N) is 1. The zero-order chi connectivity index (χ0) is 17.4. The lowest BCUT2D eigenvalue weighted by atomic mass is 10.1. The van der Waals surface area contributed by atoms with Crippen LogP contribution in [0.25, 0.3) is 0 Å². The molecule has 0 saturated carbocycles. The number of amides is 1. The lowest BCUT2D eigenvalue weighted by Gasteiger charge is -2.46. The molecular formula is C9H9F9N2O2. The first-order valence-corrected chi connectivity index (χ1v) is 5.59. The van der Waals surface area contributed by atoms with Gasteiger partial charge in [0.1, 0.15) is 0 Å². The number of nitrogens with zero attached hydrogens (tertiary/aromatic N) is 1. The van der Waals surface area contributed by atoms with Crippen molar-refractivity contribution >= 4 is 5.91 Å². The maximum atomic E-state index is 13.0. The molecule has 1 heterocycles. The van der Waals surface area contributed by atoms with Crippen LogP contribution in [0.1, 0.15) is 0 Å². The SMILES string of the molecule is O=C(NC(N1CCOCC1)(C(F)(F)F)C(F)(F)F)C(F)(F)F. The van der Waals surface area contributed by atoms with Crippen molar-refractivity contribution in [2.45, 2.75) is 24.2 Å². The number of carbonyl (C=O) groups excluding carboxylic acids is 1. The molecule has 1 aliphatic heterocycles. The quantitative estimate of drug-likeness (QED) is 0.774. The highest BCUT2D eigenvalue weighted by Gasteiger charge is 2.76. The predicted molar refractivity (Wildman–Crippen MR) is 51.4 cm³/mol. The Balaban J connectivity index is 3.36. The van der Waals surface area contributed by atoms with E-state index in [2.05, 4.69) is 4.74 Å². The Morgan fingerprint density at radius 1 is 0.864 bits per heavy atom. The molecule has 22 heavy (non-hydrogen) atoms. The van der Waals surface area contributed by atoms with Crippen LogP contribution in [0.5, 0.6) is 0 Å². The van der Waals surface area contributed by atoms with Gasteiger partial charge >= 0.3 is 24.4 Å². The van der Waals surface area contributed by atoms with E-state index >= 15 is 0 Å². The van der Waals surface area contributed by atoms with Crippen LogP contribution in [0.15, 0.2) is 0 Å². The van der Waals surface area contributed by atoms with E-state index in [1.807, 2.05) is 0 Å². The first-order chi connectivity index (χ1) is 9.73. The Bertz CT molecular complexity index is 395. The third kappa shape index (κ3) is 3.39. The molecule has 13 heteroatoms. The zero-order valence-electron chi connectivity index (χ0n) is 10.5. The number of halogens is 9. The minimum Gasteiger partial charge on any atom is -0.379 e. The Labute approximate surface area is 117 Å². The van der Waals surface area contributed by atoms with Crippen molar-refractivity contribution in [2.75, 3.05) is 26.3 Å². The number of hydrogen-bond acceptors (Lipinski definition) is 3. The summed E-state index contributed by atoms with van der Waals surface area (Å²) >= 11 is 0. The summed E-state index contributed by atoms with van der Waals surface area (Å²) < 4.78 is 119. The van der Waals surface area contributed by atoms with Gasteiger partial charge in [-0.3, -0.25) is 9.69 Å². The molecule has 0 aliphatic carbocycles. The van der Waals surface area contributed by atoms with Gasteiger partial charge in [0.15, 0.2) is 0 Å². The van der Waals surface area contributed by atoms with Gasteiger partial charge in [-0.05, 0) is 0 Å². The predicted octanol–water partition coefficient (Wildman–Crippen LogP) is 1.82. The van der Waals surface area contributed by atoms with Crippen LogP contribution in [0.3, 0.4) is 0 Å². The molecule has 0 bridgehead atoms. The number of alkyl halides is 9. The summed E-state index contributed by atoms with van der Waals surface area (Å²) in [5, 5.41) is 0.0765. The first kappa shape index (κ1) is 18.8. The largest absolute Gasteiger partial charge is 0.471 e. The van der Waals surface area contributed by atoms with E-state index in [-0.39, 0.29) is 10.2 Å². The molecule has 0 unspecified atom stereocenters. The van der Waals surface area contributed by atoms with Crippen LogP contribution < -0.4 is 5.32 Å². The van der Waals surface area contributed by atoms with E-state index in [4.69, 9.17) is 0 Å². The maximum Gasteiger partial charge on any atom is 0.471 e. The fourth-order valence-corrected chi connectivity index (χ4v) is 1.87. The molecule has 1 fully saturated rings. The summed E-state index contributed by atoms with van der Waals surface area (Å²) in [6, 6.07) is 0. The second-order valence-electron chi connectivity index (χ2n) is 4.26. The number of rotatable bonds is 2. The van der Waals surface area contributed by atoms with Crippen molar-refractivity contribution in [1.82, 2.24) is 10.2 Å².